The van der Waals surface area contributed by atoms with Crippen molar-refractivity contribution in [2.45, 2.75) is 39.3 Å². The number of pyridine rings is 1. The van der Waals surface area contributed by atoms with Crippen molar-refractivity contribution >= 4 is 0 Å². The molecule has 0 aliphatic carbocycles. The Kier molecular flexibility index (Phi) is 3.51. The van der Waals surface area contributed by atoms with Gasteiger partial charge in [0.1, 0.15) is 5.82 Å². The van der Waals surface area contributed by atoms with E-state index in [4.69, 9.17) is 4.98 Å². The van der Waals surface area contributed by atoms with E-state index in [9.17, 15) is 0 Å². The van der Waals surface area contributed by atoms with Gasteiger partial charge in [-0.25, -0.2) is 9.97 Å². The van der Waals surface area contributed by atoms with Gasteiger partial charge in [-0.15, -0.1) is 0 Å². The molecule has 4 heteroatoms. The second-order valence-electron chi connectivity index (χ2n) is 4.86. The Morgan fingerprint density at radius 1 is 1.21 bits per heavy atom. The predicted octanol–water partition coefficient (Wildman–Crippen LogP) is 2.02. The van der Waals surface area contributed by atoms with Gasteiger partial charge in [0.2, 0.25) is 0 Å². The molecule has 1 aliphatic heterocycles. The molecule has 0 aromatic carbocycles. The highest BCUT2D eigenvalue weighted by atomic mass is 15.0. The number of nitrogens with one attached hydrogen (secondary N) is 1. The molecule has 0 saturated heterocycles. The summed E-state index contributed by atoms with van der Waals surface area (Å²) in [6.07, 6.45) is 4.68. The average Bonchev–Trinajstić information content (AvgIpc) is 2.89. The molecular weight excluding hydrogens is 236 g/mol. The van der Waals surface area contributed by atoms with Crippen LogP contribution < -0.4 is 5.32 Å². The van der Waals surface area contributed by atoms with E-state index in [2.05, 4.69) is 22.2 Å². The summed E-state index contributed by atoms with van der Waals surface area (Å²) < 4.78 is 0. The Morgan fingerprint density at radius 2 is 2.16 bits per heavy atom. The molecule has 4 nitrogen and oxygen atoms in total. The Bertz CT molecular complexity index is 566. The lowest BCUT2D eigenvalue weighted by molar-refractivity contribution is 0.753. The number of hydrogen-bond acceptors (Lipinski definition) is 4. The predicted molar refractivity (Wildman–Crippen MR) is 73.6 cm³/mol. The third kappa shape index (κ3) is 2.63. The van der Waals surface area contributed by atoms with Crippen molar-refractivity contribution < 1.29 is 0 Å². The number of aromatic nitrogens is 3. The zero-order valence-corrected chi connectivity index (χ0v) is 11.2. The van der Waals surface area contributed by atoms with E-state index in [1.54, 1.807) is 0 Å². The first kappa shape index (κ1) is 12.2. The SMILES string of the molecule is CCCc1nc(Cc2ccccn2)nc2c1CNC2. The maximum absolute atomic E-state index is 4.74. The Labute approximate surface area is 113 Å². The molecule has 1 aliphatic rings. The molecule has 3 heterocycles. The minimum Gasteiger partial charge on any atom is -0.307 e. The van der Waals surface area contributed by atoms with Crippen LogP contribution in [0.15, 0.2) is 24.4 Å². The molecule has 0 atom stereocenters. The van der Waals surface area contributed by atoms with Crippen molar-refractivity contribution in [3.05, 3.63) is 52.9 Å². The third-order valence-corrected chi connectivity index (χ3v) is 3.37. The molecular formula is C15H18N4. The van der Waals surface area contributed by atoms with Gasteiger partial charge in [-0.2, -0.15) is 0 Å². The lowest BCUT2D eigenvalue weighted by Gasteiger charge is -2.08. The summed E-state index contributed by atoms with van der Waals surface area (Å²) in [5, 5.41) is 3.36. The Morgan fingerprint density at radius 3 is 2.95 bits per heavy atom. The van der Waals surface area contributed by atoms with Gasteiger partial charge in [0.25, 0.3) is 0 Å². The highest BCUT2D eigenvalue weighted by Gasteiger charge is 2.18. The number of nitrogens with zero attached hydrogens (tertiary/aromatic N) is 3. The van der Waals surface area contributed by atoms with Gasteiger partial charge in [-0.05, 0) is 18.6 Å². The van der Waals surface area contributed by atoms with Crippen LogP contribution in [0, 0.1) is 0 Å². The van der Waals surface area contributed by atoms with Crippen LogP contribution >= 0.6 is 0 Å². The molecule has 1 N–H and O–H groups in total. The molecule has 2 aromatic heterocycles. The van der Waals surface area contributed by atoms with Gasteiger partial charge < -0.3 is 5.32 Å². The van der Waals surface area contributed by atoms with Crippen molar-refractivity contribution in [3.8, 4) is 0 Å². The highest BCUT2D eigenvalue weighted by Crippen LogP contribution is 2.19. The van der Waals surface area contributed by atoms with E-state index >= 15 is 0 Å². The summed E-state index contributed by atoms with van der Waals surface area (Å²) in [6, 6.07) is 5.96. The molecule has 0 amide bonds. The second-order valence-corrected chi connectivity index (χ2v) is 4.86. The topological polar surface area (TPSA) is 50.7 Å². The van der Waals surface area contributed by atoms with E-state index in [1.165, 1.54) is 17.0 Å². The largest absolute Gasteiger partial charge is 0.307 e. The number of aryl methyl sites for hydroxylation is 1. The lowest BCUT2D eigenvalue weighted by Crippen LogP contribution is -2.07. The molecule has 0 bridgehead atoms. The summed E-state index contributed by atoms with van der Waals surface area (Å²) in [6.45, 7) is 3.97. The number of fused-ring (bicyclic) bond motifs is 1. The van der Waals surface area contributed by atoms with Gasteiger partial charge in [-0.1, -0.05) is 19.4 Å². The van der Waals surface area contributed by atoms with Crippen molar-refractivity contribution in [2.24, 2.45) is 0 Å². The van der Waals surface area contributed by atoms with Crippen molar-refractivity contribution in [1.82, 2.24) is 20.3 Å². The van der Waals surface area contributed by atoms with Crippen LogP contribution in [0.2, 0.25) is 0 Å². The second kappa shape index (κ2) is 5.45. The summed E-state index contributed by atoms with van der Waals surface area (Å²) in [7, 11) is 0. The minimum absolute atomic E-state index is 0.713. The monoisotopic (exact) mass is 254 g/mol. The molecule has 98 valence electrons. The maximum atomic E-state index is 4.74. The average molecular weight is 254 g/mol. The Balaban J connectivity index is 1.92. The van der Waals surface area contributed by atoms with Crippen molar-refractivity contribution in [2.75, 3.05) is 0 Å². The summed E-state index contributed by atoms with van der Waals surface area (Å²) in [5.41, 5.74) is 4.72. The van der Waals surface area contributed by atoms with E-state index in [1.807, 2.05) is 24.4 Å². The van der Waals surface area contributed by atoms with Crippen LogP contribution in [0.1, 0.15) is 41.8 Å². The Hall–Kier alpha value is -1.81. The normalized spacial score (nSPS) is 13.5. The zero-order chi connectivity index (χ0) is 13.1. The first-order valence-corrected chi connectivity index (χ1v) is 6.85. The molecule has 0 radical (unpaired) electrons. The molecule has 3 rings (SSSR count). The van der Waals surface area contributed by atoms with Crippen LogP contribution in [-0.4, -0.2) is 15.0 Å². The van der Waals surface area contributed by atoms with Crippen molar-refractivity contribution in [3.63, 3.8) is 0 Å². The highest BCUT2D eigenvalue weighted by molar-refractivity contribution is 5.30. The zero-order valence-electron chi connectivity index (χ0n) is 11.2. The van der Waals surface area contributed by atoms with Crippen LogP contribution in [0.25, 0.3) is 0 Å². The van der Waals surface area contributed by atoms with E-state index in [-0.39, 0.29) is 0 Å². The molecule has 0 spiro atoms. The number of rotatable bonds is 4. The van der Waals surface area contributed by atoms with Gasteiger partial charge in [-0.3, -0.25) is 4.98 Å². The minimum atomic E-state index is 0.713. The van der Waals surface area contributed by atoms with Crippen LogP contribution in [0.5, 0.6) is 0 Å². The smallest absolute Gasteiger partial charge is 0.134 e. The molecule has 19 heavy (non-hydrogen) atoms. The van der Waals surface area contributed by atoms with Crippen LogP contribution in [0.3, 0.4) is 0 Å². The van der Waals surface area contributed by atoms with Crippen molar-refractivity contribution in [1.29, 1.82) is 0 Å². The first-order valence-electron chi connectivity index (χ1n) is 6.85. The molecule has 0 unspecified atom stereocenters. The number of hydrogen-bond donors (Lipinski definition) is 1. The van der Waals surface area contributed by atoms with Gasteiger partial charge in [0, 0.05) is 36.2 Å². The van der Waals surface area contributed by atoms with E-state index in [0.717, 1.165) is 37.4 Å². The molecule has 2 aromatic rings. The fourth-order valence-corrected chi connectivity index (χ4v) is 2.48. The van der Waals surface area contributed by atoms with E-state index in [0.29, 0.717) is 6.42 Å². The summed E-state index contributed by atoms with van der Waals surface area (Å²) in [4.78, 5) is 13.8. The first-order chi connectivity index (χ1) is 9.36. The molecule has 0 saturated carbocycles. The van der Waals surface area contributed by atoms with Crippen LogP contribution in [0.4, 0.5) is 0 Å². The van der Waals surface area contributed by atoms with Gasteiger partial charge >= 0.3 is 0 Å². The standard InChI is InChI=1S/C15H18N4/c1-2-5-13-12-9-16-10-14(12)19-15(18-13)8-11-6-3-4-7-17-11/h3-4,6-7,16H,2,5,8-10H2,1H3. The summed E-state index contributed by atoms with van der Waals surface area (Å²) >= 11 is 0. The molecule has 0 fully saturated rings. The maximum Gasteiger partial charge on any atom is 0.134 e. The van der Waals surface area contributed by atoms with Gasteiger partial charge in [0.15, 0.2) is 0 Å². The quantitative estimate of drug-likeness (QED) is 0.907. The third-order valence-electron chi connectivity index (χ3n) is 3.37. The fraction of sp³-hybridized carbons (Fsp3) is 0.400. The fourth-order valence-electron chi connectivity index (χ4n) is 2.48. The summed E-state index contributed by atoms with van der Waals surface area (Å²) in [5.74, 6) is 0.893. The lowest BCUT2D eigenvalue weighted by atomic mass is 10.1. The van der Waals surface area contributed by atoms with E-state index < -0.39 is 0 Å². The van der Waals surface area contributed by atoms with Gasteiger partial charge in [0.05, 0.1) is 12.1 Å². The van der Waals surface area contributed by atoms with Crippen LogP contribution in [-0.2, 0) is 25.9 Å².